The minimum Gasteiger partial charge on any atom is -0.339 e. The SMILES string of the molecule is CN(CC(=O)N1CCN(Cc2cccs2)CC1)Cc1cnn(Cc2ccccc2)c1. The minimum atomic E-state index is 0.213. The third-order valence-electron chi connectivity index (χ3n) is 5.42. The number of rotatable bonds is 8. The van der Waals surface area contributed by atoms with E-state index in [0.717, 1.165) is 51.4 Å². The highest BCUT2D eigenvalue weighted by Gasteiger charge is 2.22. The van der Waals surface area contributed by atoms with E-state index in [-0.39, 0.29) is 5.91 Å². The number of thiophene rings is 1. The predicted octanol–water partition coefficient (Wildman–Crippen LogP) is 2.77. The highest BCUT2D eigenvalue weighted by atomic mass is 32.1. The van der Waals surface area contributed by atoms with Crippen molar-refractivity contribution in [2.45, 2.75) is 19.6 Å². The summed E-state index contributed by atoms with van der Waals surface area (Å²) in [5.74, 6) is 0.213. The number of amides is 1. The highest BCUT2D eigenvalue weighted by molar-refractivity contribution is 7.09. The van der Waals surface area contributed by atoms with E-state index in [1.165, 1.54) is 10.4 Å². The fourth-order valence-electron chi connectivity index (χ4n) is 3.82. The lowest BCUT2D eigenvalue weighted by Gasteiger charge is -2.35. The smallest absolute Gasteiger partial charge is 0.236 e. The average Bonchev–Trinajstić information content (AvgIpc) is 3.41. The first-order chi connectivity index (χ1) is 14.7. The summed E-state index contributed by atoms with van der Waals surface area (Å²) < 4.78 is 1.95. The van der Waals surface area contributed by atoms with Crippen LogP contribution in [-0.2, 0) is 24.4 Å². The zero-order valence-corrected chi connectivity index (χ0v) is 18.3. The quantitative estimate of drug-likeness (QED) is 0.559. The molecular weight excluding hydrogens is 394 g/mol. The molecule has 1 fully saturated rings. The van der Waals surface area contributed by atoms with Gasteiger partial charge in [0.25, 0.3) is 0 Å². The van der Waals surface area contributed by atoms with Crippen LogP contribution in [-0.4, -0.2) is 70.2 Å². The van der Waals surface area contributed by atoms with Crippen molar-refractivity contribution in [2.24, 2.45) is 0 Å². The molecule has 1 aliphatic rings. The van der Waals surface area contributed by atoms with Crippen LogP contribution in [0.2, 0.25) is 0 Å². The normalized spacial score (nSPS) is 15.1. The van der Waals surface area contributed by atoms with E-state index in [4.69, 9.17) is 0 Å². The Labute approximate surface area is 182 Å². The number of carbonyl (C=O) groups excluding carboxylic acids is 1. The lowest BCUT2D eigenvalue weighted by atomic mass is 10.2. The number of piperazine rings is 1. The van der Waals surface area contributed by atoms with E-state index in [1.54, 1.807) is 11.3 Å². The Hall–Kier alpha value is -2.48. The molecule has 4 rings (SSSR count). The second-order valence-electron chi connectivity index (χ2n) is 7.94. The average molecular weight is 424 g/mol. The van der Waals surface area contributed by atoms with Crippen LogP contribution in [0.15, 0.2) is 60.2 Å². The molecule has 7 heteroatoms. The third-order valence-corrected chi connectivity index (χ3v) is 6.28. The van der Waals surface area contributed by atoms with Crippen molar-refractivity contribution >= 4 is 17.2 Å². The topological polar surface area (TPSA) is 44.6 Å². The number of nitrogens with zero attached hydrogens (tertiary/aromatic N) is 5. The lowest BCUT2D eigenvalue weighted by molar-refractivity contribution is -0.134. The summed E-state index contributed by atoms with van der Waals surface area (Å²) in [5, 5.41) is 6.58. The fraction of sp³-hybridized carbons (Fsp3) is 0.391. The summed E-state index contributed by atoms with van der Waals surface area (Å²) in [6, 6.07) is 14.6. The van der Waals surface area contributed by atoms with Gasteiger partial charge in [0, 0.05) is 55.9 Å². The van der Waals surface area contributed by atoms with Gasteiger partial charge in [-0.3, -0.25) is 19.3 Å². The summed E-state index contributed by atoms with van der Waals surface area (Å²) >= 11 is 1.80. The van der Waals surface area contributed by atoms with Gasteiger partial charge in [-0.2, -0.15) is 5.10 Å². The lowest BCUT2D eigenvalue weighted by Crippen LogP contribution is -2.50. The molecule has 0 atom stereocenters. The number of likely N-dealkylation sites (N-methyl/N-ethyl adjacent to an activating group) is 1. The molecule has 0 N–H and O–H groups in total. The molecule has 0 aliphatic carbocycles. The van der Waals surface area contributed by atoms with Crippen molar-refractivity contribution in [3.63, 3.8) is 0 Å². The Morgan fingerprint density at radius 2 is 1.83 bits per heavy atom. The summed E-state index contributed by atoms with van der Waals surface area (Å²) in [6.45, 7) is 6.43. The van der Waals surface area contributed by atoms with Crippen LogP contribution < -0.4 is 0 Å². The van der Waals surface area contributed by atoms with Crippen LogP contribution in [0.1, 0.15) is 16.0 Å². The number of hydrogen-bond donors (Lipinski definition) is 0. The molecule has 30 heavy (non-hydrogen) atoms. The molecule has 0 spiro atoms. The van der Waals surface area contributed by atoms with Crippen LogP contribution in [0, 0.1) is 0 Å². The molecular formula is C23H29N5OS. The largest absolute Gasteiger partial charge is 0.339 e. The predicted molar refractivity (Wildman–Crippen MR) is 120 cm³/mol. The third kappa shape index (κ3) is 5.78. The zero-order valence-electron chi connectivity index (χ0n) is 17.5. The molecule has 6 nitrogen and oxygen atoms in total. The molecule has 0 saturated carbocycles. The first kappa shape index (κ1) is 20.8. The van der Waals surface area contributed by atoms with Gasteiger partial charge >= 0.3 is 0 Å². The van der Waals surface area contributed by atoms with Crippen molar-refractivity contribution < 1.29 is 4.79 Å². The maximum Gasteiger partial charge on any atom is 0.236 e. The summed E-state index contributed by atoms with van der Waals surface area (Å²) in [7, 11) is 2.00. The molecule has 0 bridgehead atoms. The van der Waals surface area contributed by atoms with Gasteiger partial charge < -0.3 is 4.90 Å². The molecule has 1 saturated heterocycles. The van der Waals surface area contributed by atoms with Crippen molar-refractivity contribution in [1.29, 1.82) is 0 Å². The molecule has 1 amide bonds. The Bertz CT molecular complexity index is 916. The molecule has 1 aromatic carbocycles. The number of hydrogen-bond acceptors (Lipinski definition) is 5. The van der Waals surface area contributed by atoms with Gasteiger partial charge in [-0.25, -0.2) is 0 Å². The van der Waals surface area contributed by atoms with E-state index in [9.17, 15) is 4.79 Å². The van der Waals surface area contributed by atoms with Crippen molar-refractivity contribution in [1.82, 2.24) is 24.5 Å². The van der Waals surface area contributed by atoms with E-state index in [2.05, 4.69) is 50.7 Å². The standard InChI is InChI=1S/C23H29N5OS/c1-25(15-21-14-24-28(17-21)16-20-6-3-2-4-7-20)19-23(29)27-11-9-26(10-12-27)18-22-8-5-13-30-22/h2-8,13-14,17H,9-12,15-16,18-19H2,1H3. The molecule has 2 aromatic heterocycles. The highest BCUT2D eigenvalue weighted by Crippen LogP contribution is 2.14. The van der Waals surface area contributed by atoms with Gasteiger partial charge in [-0.05, 0) is 24.1 Å². The van der Waals surface area contributed by atoms with Crippen LogP contribution in [0.4, 0.5) is 0 Å². The maximum absolute atomic E-state index is 12.7. The van der Waals surface area contributed by atoms with E-state index in [1.807, 2.05) is 41.0 Å². The Kier molecular flexibility index (Phi) is 6.94. The second-order valence-corrected chi connectivity index (χ2v) is 8.97. The second kappa shape index (κ2) is 10.0. The number of benzene rings is 1. The van der Waals surface area contributed by atoms with Gasteiger partial charge in [0.05, 0.1) is 19.3 Å². The molecule has 3 heterocycles. The van der Waals surface area contributed by atoms with Crippen LogP contribution in [0.5, 0.6) is 0 Å². The summed E-state index contributed by atoms with van der Waals surface area (Å²) in [6.07, 6.45) is 3.96. The molecule has 3 aromatic rings. The molecule has 158 valence electrons. The summed E-state index contributed by atoms with van der Waals surface area (Å²) in [5.41, 5.74) is 2.36. The van der Waals surface area contributed by atoms with Gasteiger partial charge in [-0.15, -0.1) is 11.3 Å². The Balaban J connectivity index is 1.20. The monoisotopic (exact) mass is 423 g/mol. The van der Waals surface area contributed by atoms with Crippen LogP contribution in [0.25, 0.3) is 0 Å². The first-order valence-electron chi connectivity index (χ1n) is 10.4. The maximum atomic E-state index is 12.7. The Morgan fingerprint density at radius 3 is 2.57 bits per heavy atom. The van der Waals surface area contributed by atoms with Gasteiger partial charge in [-0.1, -0.05) is 36.4 Å². The van der Waals surface area contributed by atoms with Gasteiger partial charge in [0.1, 0.15) is 0 Å². The van der Waals surface area contributed by atoms with Gasteiger partial charge in [0.15, 0.2) is 0 Å². The first-order valence-corrected chi connectivity index (χ1v) is 11.3. The Morgan fingerprint density at radius 1 is 1.03 bits per heavy atom. The van der Waals surface area contributed by atoms with Crippen molar-refractivity contribution in [3.05, 3.63) is 76.2 Å². The van der Waals surface area contributed by atoms with E-state index >= 15 is 0 Å². The van der Waals surface area contributed by atoms with Crippen LogP contribution in [0.3, 0.4) is 0 Å². The van der Waals surface area contributed by atoms with Gasteiger partial charge in [0.2, 0.25) is 5.91 Å². The van der Waals surface area contributed by atoms with Crippen LogP contribution >= 0.6 is 11.3 Å². The molecule has 0 unspecified atom stereocenters. The van der Waals surface area contributed by atoms with E-state index < -0.39 is 0 Å². The molecule has 1 aliphatic heterocycles. The number of carbonyl (C=O) groups is 1. The van der Waals surface area contributed by atoms with E-state index in [0.29, 0.717) is 6.54 Å². The zero-order chi connectivity index (χ0) is 20.8. The van der Waals surface area contributed by atoms with Crippen molar-refractivity contribution in [2.75, 3.05) is 39.8 Å². The summed E-state index contributed by atoms with van der Waals surface area (Å²) in [4.78, 5) is 20.6. The fourth-order valence-corrected chi connectivity index (χ4v) is 4.57. The van der Waals surface area contributed by atoms with Crippen molar-refractivity contribution in [3.8, 4) is 0 Å². The minimum absolute atomic E-state index is 0.213. The molecule has 0 radical (unpaired) electrons. The number of aromatic nitrogens is 2.